The first-order valence-corrected chi connectivity index (χ1v) is 8.44. The fourth-order valence-corrected chi connectivity index (χ4v) is 3.75. The van der Waals surface area contributed by atoms with Gasteiger partial charge in [-0.1, -0.05) is 36.6 Å². The van der Waals surface area contributed by atoms with Gasteiger partial charge in [-0.25, -0.2) is 0 Å². The number of amides is 1. The summed E-state index contributed by atoms with van der Waals surface area (Å²) in [6, 6.07) is 7.82. The van der Waals surface area contributed by atoms with Crippen LogP contribution in [-0.2, 0) is 15.1 Å². The van der Waals surface area contributed by atoms with E-state index < -0.39 is 0 Å². The summed E-state index contributed by atoms with van der Waals surface area (Å²) in [5.41, 5.74) is 6.49. The van der Waals surface area contributed by atoms with Gasteiger partial charge in [0.25, 0.3) is 0 Å². The molecular formula is C17H23ClN2O2. The molecule has 3 N–H and O–H groups in total. The second kappa shape index (κ2) is 6.57. The number of benzene rings is 1. The van der Waals surface area contributed by atoms with Gasteiger partial charge in [0, 0.05) is 11.6 Å². The molecule has 1 aliphatic carbocycles. The maximum absolute atomic E-state index is 12.6. The summed E-state index contributed by atoms with van der Waals surface area (Å²) in [7, 11) is 0. The van der Waals surface area contributed by atoms with Gasteiger partial charge >= 0.3 is 0 Å². The minimum atomic E-state index is -0.363. The van der Waals surface area contributed by atoms with Crippen LogP contribution >= 0.6 is 11.6 Å². The van der Waals surface area contributed by atoms with Crippen LogP contribution in [0.25, 0.3) is 0 Å². The molecule has 1 aromatic rings. The Morgan fingerprint density at radius 1 is 1.27 bits per heavy atom. The van der Waals surface area contributed by atoms with E-state index in [1.54, 1.807) is 0 Å². The fraction of sp³-hybridized carbons (Fsp3) is 0.588. The van der Waals surface area contributed by atoms with Crippen LogP contribution in [-0.4, -0.2) is 24.7 Å². The second-order valence-electron chi connectivity index (χ2n) is 6.35. The molecule has 1 saturated carbocycles. The van der Waals surface area contributed by atoms with Crippen LogP contribution in [0.4, 0.5) is 0 Å². The molecule has 0 bridgehead atoms. The maximum atomic E-state index is 12.6. The highest BCUT2D eigenvalue weighted by Crippen LogP contribution is 2.39. The number of rotatable bonds is 4. The largest absolute Gasteiger partial charge is 0.364 e. The summed E-state index contributed by atoms with van der Waals surface area (Å²) in [6.07, 6.45) is 5.46. The molecule has 1 amide bonds. The van der Waals surface area contributed by atoms with Crippen molar-refractivity contribution in [1.29, 1.82) is 0 Å². The van der Waals surface area contributed by atoms with Gasteiger partial charge in [0.05, 0.1) is 11.6 Å². The van der Waals surface area contributed by atoms with Crippen molar-refractivity contribution in [1.82, 2.24) is 5.32 Å². The summed E-state index contributed by atoms with van der Waals surface area (Å²) in [5, 5.41) is 3.98. The van der Waals surface area contributed by atoms with E-state index in [-0.39, 0.29) is 23.7 Å². The first kappa shape index (κ1) is 15.8. The number of hydrogen-bond donors (Lipinski definition) is 2. The predicted molar refractivity (Wildman–Crippen MR) is 86.7 cm³/mol. The molecule has 2 fully saturated rings. The average Bonchev–Trinajstić information content (AvgIpc) is 3.17. The zero-order valence-corrected chi connectivity index (χ0v) is 13.4. The number of hydrogen-bond acceptors (Lipinski definition) is 3. The third-order valence-electron chi connectivity index (χ3n) is 4.88. The lowest BCUT2D eigenvalue weighted by molar-refractivity contribution is -0.134. The molecule has 1 heterocycles. The van der Waals surface area contributed by atoms with Gasteiger partial charge in [-0.2, -0.15) is 0 Å². The quantitative estimate of drug-likeness (QED) is 0.896. The molecule has 4 nitrogen and oxygen atoms in total. The Balaban J connectivity index is 1.74. The van der Waals surface area contributed by atoms with Crippen molar-refractivity contribution < 1.29 is 9.53 Å². The van der Waals surface area contributed by atoms with E-state index in [9.17, 15) is 4.79 Å². The Morgan fingerprint density at radius 3 is 2.55 bits per heavy atom. The van der Waals surface area contributed by atoms with Crippen molar-refractivity contribution in [3.8, 4) is 0 Å². The first-order valence-electron chi connectivity index (χ1n) is 8.06. The van der Waals surface area contributed by atoms with Crippen LogP contribution in [0.3, 0.4) is 0 Å². The van der Waals surface area contributed by atoms with Gasteiger partial charge in [0.1, 0.15) is 6.10 Å². The van der Waals surface area contributed by atoms with E-state index in [2.05, 4.69) is 5.32 Å². The molecule has 22 heavy (non-hydrogen) atoms. The monoisotopic (exact) mass is 322 g/mol. The van der Waals surface area contributed by atoms with Crippen molar-refractivity contribution in [2.75, 3.05) is 6.54 Å². The molecule has 0 spiro atoms. The number of carbonyl (C=O) groups is 1. The molecule has 5 heteroatoms. The van der Waals surface area contributed by atoms with E-state index in [0.717, 1.165) is 44.1 Å². The van der Waals surface area contributed by atoms with Crippen molar-refractivity contribution in [2.45, 2.75) is 56.3 Å². The Bertz CT molecular complexity index is 526. The lowest BCUT2D eigenvalue weighted by Crippen LogP contribution is -2.48. The summed E-state index contributed by atoms with van der Waals surface area (Å²) < 4.78 is 5.72. The van der Waals surface area contributed by atoms with Crippen LogP contribution < -0.4 is 11.1 Å². The van der Waals surface area contributed by atoms with E-state index in [1.165, 1.54) is 0 Å². The molecule has 3 rings (SSSR count). The second-order valence-corrected chi connectivity index (χ2v) is 6.78. The number of halogens is 1. The number of nitrogens with two attached hydrogens (primary N) is 1. The van der Waals surface area contributed by atoms with Crippen LogP contribution in [0.2, 0.25) is 5.02 Å². The van der Waals surface area contributed by atoms with Crippen LogP contribution in [0.15, 0.2) is 24.3 Å². The highest BCUT2D eigenvalue weighted by Gasteiger charge is 2.40. The summed E-state index contributed by atoms with van der Waals surface area (Å²) >= 11 is 5.99. The molecule has 1 aliphatic heterocycles. The third kappa shape index (κ3) is 3.14. The van der Waals surface area contributed by atoms with Crippen molar-refractivity contribution in [3.05, 3.63) is 34.9 Å². The lowest BCUT2D eigenvalue weighted by Gasteiger charge is -2.32. The Hall–Kier alpha value is -1.10. The number of ether oxygens (including phenoxy) is 1. The smallest absolute Gasteiger partial charge is 0.249 e. The Morgan fingerprint density at radius 2 is 1.95 bits per heavy atom. The molecule has 0 radical (unpaired) electrons. The highest BCUT2D eigenvalue weighted by atomic mass is 35.5. The average molecular weight is 323 g/mol. The van der Waals surface area contributed by atoms with Gasteiger partial charge in [-0.3, -0.25) is 4.79 Å². The Kier molecular flexibility index (Phi) is 4.71. The summed E-state index contributed by atoms with van der Waals surface area (Å²) in [4.78, 5) is 12.6. The van der Waals surface area contributed by atoms with Crippen molar-refractivity contribution in [2.24, 2.45) is 5.73 Å². The third-order valence-corrected chi connectivity index (χ3v) is 5.13. The highest BCUT2D eigenvalue weighted by molar-refractivity contribution is 6.30. The van der Waals surface area contributed by atoms with E-state index in [4.69, 9.17) is 22.1 Å². The Labute approximate surface area is 136 Å². The summed E-state index contributed by atoms with van der Waals surface area (Å²) in [5.74, 6) is -0.00667. The zero-order chi connectivity index (χ0) is 15.6. The van der Waals surface area contributed by atoms with Gasteiger partial charge in [-0.15, -0.1) is 0 Å². The predicted octanol–water partition coefficient (Wildman–Crippen LogP) is 2.73. The summed E-state index contributed by atoms with van der Waals surface area (Å²) in [6.45, 7) is 0.478. The van der Waals surface area contributed by atoms with Crippen LogP contribution in [0, 0.1) is 0 Å². The molecule has 2 atom stereocenters. The first-order chi connectivity index (χ1) is 10.6. The number of carbonyl (C=O) groups excluding carboxylic acids is 1. The molecular weight excluding hydrogens is 300 g/mol. The van der Waals surface area contributed by atoms with Gasteiger partial charge < -0.3 is 15.8 Å². The molecule has 1 saturated heterocycles. The fourth-order valence-electron chi connectivity index (χ4n) is 3.62. The molecule has 2 aliphatic rings. The zero-order valence-electron chi connectivity index (χ0n) is 12.7. The topological polar surface area (TPSA) is 64.4 Å². The number of nitrogens with one attached hydrogen (secondary N) is 1. The van der Waals surface area contributed by atoms with Crippen molar-refractivity contribution in [3.63, 3.8) is 0 Å². The minimum absolute atomic E-state index is 0.00667. The SMILES string of the molecule is NC[C@H]1CC[C@@H](C(=O)NC2(c3ccc(Cl)cc3)CCCC2)O1. The molecule has 0 unspecified atom stereocenters. The molecule has 120 valence electrons. The standard InChI is InChI=1S/C17H23ClN2O2/c18-13-5-3-12(4-6-13)17(9-1-2-10-17)20-16(21)15-8-7-14(11-19)22-15/h3-6,14-15H,1-2,7-11,19H2,(H,20,21)/t14-,15+/m1/s1. The van der Waals surface area contributed by atoms with Gasteiger partial charge in [-0.05, 0) is 43.4 Å². The van der Waals surface area contributed by atoms with E-state index in [0.29, 0.717) is 11.6 Å². The van der Waals surface area contributed by atoms with Crippen LogP contribution in [0.1, 0.15) is 44.1 Å². The molecule has 0 aromatic heterocycles. The van der Waals surface area contributed by atoms with E-state index >= 15 is 0 Å². The normalized spacial score (nSPS) is 27.0. The van der Waals surface area contributed by atoms with Crippen molar-refractivity contribution >= 4 is 17.5 Å². The maximum Gasteiger partial charge on any atom is 0.249 e. The van der Waals surface area contributed by atoms with E-state index in [1.807, 2.05) is 24.3 Å². The lowest BCUT2D eigenvalue weighted by atomic mass is 9.88. The van der Waals surface area contributed by atoms with Crippen LogP contribution in [0.5, 0.6) is 0 Å². The minimum Gasteiger partial charge on any atom is -0.364 e. The van der Waals surface area contributed by atoms with Gasteiger partial charge in [0.2, 0.25) is 5.91 Å². The van der Waals surface area contributed by atoms with Gasteiger partial charge in [0.15, 0.2) is 0 Å². The molecule has 1 aromatic carbocycles.